The lowest BCUT2D eigenvalue weighted by atomic mass is 10.2. The Kier molecular flexibility index (Phi) is 3.72. The second-order valence-electron chi connectivity index (χ2n) is 4.08. The van der Waals surface area contributed by atoms with Crippen molar-refractivity contribution in [2.75, 3.05) is 7.11 Å². The first kappa shape index (κ1) is 12.7. The molecule has 5 heteroatoms. The summed E-state index contributed by atoms with van der Waals surface area (Å²) in [4.78, 5) is 20.0. The van der Waals surface area contributed by atoms with E-state index in [0.29, 0.717) is 0 Å². The average Bonchev–Trinajstić information content (AvgIpc) is 2.77. The average molecular weight is 262 g/mol. The van der Waals surface area contributed by atoms with Gasteiger partial charge in [0.2, 0.25) is 0 Å². The van der Waals surface area contributed by atoms with Crippen LogP contribution in [-0.2, 0) is 16.0 Å². The van der Waals surface area contributed by atoms with E-state index in [-0.39, 0.29) is 12.4 Å². The monoisotopic (exact) mass is 262 g/mol. The van der Waals surface area contributed by atoms with Crippen LogP contribution in [0.15, 0.2) is 17.6 Å². The Bertz CT molecular complexity index is 578. The van der Waals surface area contributed by atoms with Gasteiger partial charge < -0.3 is 4.74 Å². The van der Waals surface area contributed by atoms with Crippen molar-refractivity contribution in [2.45, 2.75) is 20.3 Å². The minimum absolute atomic E-state index is 0.206. The number of nitrogens with zero attached hydrogens (tertiary/aromatic N) is 2. The smallest absolute Gasteiger partial charge is 0.311 e. The van der Waals surface area contributed by atoms with Crippen LogP contribution in [0.4, 0.5) is 0 Å². The molecule has 0 amide bonds. The molecule has 0 aliphatic rings. The van der Waals surface area contributed by atoms with Crippen LogP contribution >= 0.6 is 11.3 Å². The summed E-state index contributed by atoms with van der Waals surface area (Å²) in [5.41, 5.74) is 3.82. The van der Waals surface area contributed by atoms with Gasteiger partial charge in [-0.1, -0.05) is 6.07 Å². The molecule has 0 saturated heterocycles. The van der Waals surface area contributed by atoms with Gasteiger partial charge in [-0.3, -0.25) is 9.78 Å². The zero-order chi connectivity index (χ0) is 13.1. The number of rotatable bonds is 3. The van der Waals surface area contributed by atoms with E-state index >= 15 is 0 Å². The largest absolute Gasteiger partial charge is 0.469 e. The molecule has 2 aromatic rings. The molecule has 0 aliphatic carbocycles. The van der Waals surface area contributed by atoms with Crippen LogP contribution in [0, 0.1) is 13.8 Å². The Morgan fingerprint density at radius 3 is 2.89 bits per heavy atom. The third-order valence-electron chi connectivity index (χ3n) is 2.52. The molecule has 18 heavy (non-hydrogen) atoms. The van der Waals surface area contributed by atoms with Crippen molar-refractivity contribution in [1.29, 1.82) is 0 Å². The van der Waals surface area contributed by atoms with E-state index in [4.69, 9.17) is 0 Å². The van der Waals surface area contributed by atoms with Gasteiger partial charge in [0, 0.05) is 11.6 Å². The molecular weight excluding hydrogens is 248 g/mol. The second kappa shape index (κ2) is 5.27. The van der Waals surface area contributed by atoms with Crippen molar-refractivity contribution in [1.82, 2.24) is 9.97 Å². The highest BCUT2D eigenvalue weighted by atomic mass is 32.1. The van der Waals surface area contributed by atoms with Crippen LogP contribution in [0.25, 0.3) is 10.7 Å². The van der Waals surface area contributed by atoms with Gasteiger partial charge in [0.1, 0.15) is 10.7 Å². The fourth-order valence-corrected chi connectivity index (χ4v) is 2.54. The molecule has 0 atom stereocenters. The zero-order valence-electron chi connectivity index (χ0n) is 10.6. The number of methoxy groups -OCH3 is 1. The van der Waals surface area contributed by atoms with Crippen LogP contribution in [0.1, 0.15) is 16.8 Å². The Labute approximate surface area is 110 Å². The maximum absolute atomic E-state index is 11.2. The molecule has 0 unspecified atom stereocenters. The summed E-state index contributed by atoms with van der Waals surface area (Å²) in [6, 6.07) is 2.07. The van der Waals surface area contributed by atoms with E-state index in [9.17, 15) is 4.79 Å². The van der Waals surface area contributed by atoms with Crippen LogP contribution in [0.2, 0.25) is 0 Å². The molecule has 0 bridgehead atoms. The van der Waals surface area contributed by atoms with Gasteiger partial charge in [0.25, 0.3) is 0 Å². The summed E-state index contributed by atoms with van der Waals surface area (Å²) < 4.78 is 4.62. The van der Waals surface area contributed by atoms with Gasteiger partial charge >= 0.3 is 5.97 Å². The third kappa shape index (κ3) is 2.73. The molecule has 4 nitrogen and oxygen atoms in total. The molecule has 0 spiro atoms. The number of hydrogen-bond acceptors (Lipinski definition) is 5. The highest BCUT2D eigenvalue weighted by Gasteiger charge is 2.11. The highest BCUT2D eigenvalue weighted by Crippen LogP contribution is 2.25. The van der Waals surface area contributed by atoms with Gasteiger partial charge in [0.15, 0.2) is 0 Å². The van der Waals surface area contributed by atoms with Crippen molar-refractivity contribution in [2.24, 2.45) is 0 Å². The number of hydrogen-bond donors (Lipinski definition) is 0. The minimum atomic E-state index is -0.277. The summed E-state index contributed by atoms with van der Waals surface area (Å²) in [5.74, 6) is -0.277. The van der Waals surface area contributed by atoms with E-state index in [1.165, 1.54) is 18.4 Å². The van der Waals surface area contributed by atoms with Gasteiger partial charge in [-0.25, -0.2) is 4.98 Å². The van der Waals surface area contributed by atoms with E-state index < -0.39 is 0 Å². The molecular formula is C13H14N2O2S. The zero-order valence-corrected chi connectivity index (χ0v) is 11.4. The first-order valence-electron chi connectivity index (χ1n) is 5.55. The number of aryl methyl sites for hydroxylation is 2. The number of esters is 1. The van der Waals surface area contributed by atoms with Crippen molar-refractivity contribution >= 4 is 17.3 Å². The standard InChI is InChI=1S/C13H14N2O2S/c1-8-4-9(2)12(14-6-8)13-15-10(7-18-13)5-11(16)17-3/h4,6-7H,5H2,1-3H3. The van der Waals surface area contributed by atoms with Crippen molar-refractivity contribution in [3.05, 3.63) is 34.5 Å². The van der Waals surface area contributed by atoms with Crippen molar-refractivity contribution in [3.63, 3.8) is 0 Å². The first-order valence-corrected chi connectivity index (χ1v) is 6.43. The third-order valence-corrected chi connectivity index (χ3v) is 3.42. The Balaban J connectivity index is 2.26. The normalized spacial score (nSPS) is 10.4. The number of thiazole rings is 1. The fraction of sp³-hybridized carbons (Fsp3) is 0.308. The van der Waals surface area contributed by atoms with Gasteiger partial charge in [-0.2, -0.15) is 0 Å². The lowest BCUT2D eigenvalue weighted by Crippen LogP contribution is -2.04. The molecule has 0 aromatic carbocycles. The molecule has 0 saturated carbocycles. The predicted molar refractivity (Wildman–Crippen MR) is 70.5 cm³/mol. The van der Waals surface area contributed by atoms with E-state index in [2.05, 4.69) is 20.8 Å². The van der Waals surface area contributed by atoms with Crippen molar-refractivity contribution in [3.8, 4) is 10.7 Å². The quantitative estimate of drug-likeness (QED) is 0.798. The number of carbonyl (C=O) groups excluding carboxylic acids is 1. The summed E-state index contributed by atoms with van der Waals surface area (Å²) in [6.45, 7) is 4.02. The van der Waals surface area contributed by atoms with Crippen molar-refractivity contribution < 1.29 is 9.53 Å². The predicted octanol–water partition coefficient (Wildman–Crippen LogP) is 2.54. The summed E-state index contributed by atoms with van der Waals surface area (Å²) in [6.07, 6.45) is 2.03. The lowest BCUT2D eigenvalue weighted by Gasteiger charge is -2.01. The van der Waals surface area contributed by atoms with Gasteiger partial charge in [-0.05, 0) is 25.0 Å². The minimum Gasteiger partial charge on any atom is -0.469 e. The Hall–Kier alpha value is -1.75. The summed E-state index contributed by atoms with van der Waals surface area (Å²) in [7, 11) is 1.38. The van der Waals surface area contributed by atoms with Crippen LogP contribution in [-0.4, -0.2) is 23.0 Å². The second-order valence-corrected chi connectivity index (χ2v) is 4.93. The molecule has 2 rings (SSSR count). The SMILES string of the molecule is COC(=O)Cc1csc(-c2ncc(C)cc2C)n1. The van der Waals surface area contributed by atoms with E-state index in [1.807, 2.05) is 25.4 Å². The molecule has 0 N–H and O–H groups in total. The molecule has 0 fully saturated rings. The van der Waals surface area contributed by atoms with Crippen LogP contribution in [0.5, 0.6) is 0 Å². The fourth-order valence-electron chi connectivity index (χ4n) is 1.66. The topological polar surface area (TPSA) is 52.1 Å². The maximum Gasteiger partial charge on any atom is 0.311 e. The number of aromatic nitrogens is 2. The molecule has 0 aliphatic heterocycles. The number of carbonyl (C=O) groups is 1. The van der Waals surface area contributed by atoms with Gasteiger partial charge in [-0.15, -0.1) is 11.3 Å². The molecule has 2 heterocycles. The molecule has 0 radical (unpaired) electrons. The van der Waals surface area contributed by atoms with E-state index in [0.717, 1.165) is 27.5 Å². The Morgan fingerprint density at radius 1 is 1.44 bits per heavy atom. The van der Waals surface area contributed by atoms with Gasteiger partial charge in [0.05, 0.1) is 19.2 Å². The summed E-state index contributed by atoms with van der Waals surface area (Å²) >= 11 is 1.49. The summed E-state index contributed by atoms with van der Waals surface area (Å²) in [5, 5.41) is 2.71. The molecule has 94 valence electrons. The number of pyridine rings is 1. The van der Waals surface area contributed by atoms with Crippen LogP contribution < -0.4 is 0 Å². The molecule has 2 aromatic heterocycles. The van der Waals surface area contributed by atoms with Crippen LogP contribution in [0.3, 0.4) is 0 Å². The number of ether oxygens (including phenoxy) is 1. The van der Waals surface area contributed by atoms with E-state index in [1.54, 1.807) is 0 Å². The highest BCUT2D eigenvalue weighted by molar-refractivity contribution is 7.13. The first-order chi connectivity index (χ1) is 8.60. The maximum atomic E-state index is 11.2. The Morgan fingerprint density at radius 2 is 2.22 bits per heavy atom. The lowest BCUT2D eigenvalue weighted by molar-refractivity contribution is -0.139.